The Labute approximate surface area is 179 Å². The van der Waals surface area contributed by atoms with Gasteiger partial charge in [0.2, 0.25) is 5.76 Å². The summed E-state index contributed by atoms with van der Waals surface area (Å²) in [6.07, 6.45) is 0.344. The average molecular weight is 428 g/mol. The maximum atomic E-state index is 13.0. The van der Waals surface area contributed by atoms with Crippen LogP contribution >= 0.6 is 11.3 Å². The zero-order valence-electron chi connectivity index (χ0n) is 17.6. The molecule has 0 radical (unpaired) electrons. The fraction of sp³-hybridized carbons (Fsp3) is 0.429. The van der Waals surface area contributed by atoms with Crippen LogP contribution in [0.1, 0.15) is 52.2 Å². The lowest BCUT2D eigenvalue weighted by molar-refractivity contribution is -0.0257. The molecule has 4 rings (SSSR count). The van der Waals surface area contributed by atoms with E-state index in [1.807, 2.05) is 38.3 Å². The number of pyridine rings is 1. The predicted octanol–water partition coefficient (Wildman–Crippen LogP) is 3.97. The van der Waals surface area contributed by atoms with Crippen molar-refractivity contribution < 1.29 is 13.9 Å². The van der Waals surface area contributed by atoms with Crippen molar-refractivity contribution in [2.75, 3.05) is 25.0 Å². The maximum Gasteiger partial charge on any atom is 0.291 e. The van der Waals surface area contributed by atoms with Crippen molar-refractivity contribution in [1.82, 2.24) is 19.9 Å². The molecule has 158 valence electrons. The van der Waals surface area contributed by atoms with Crippen LogP contribution in [0.5, 0.6) is 0 Å². The van der Waals surface area contributed by atoms with Crippen molar-refractivity contribution in [3.8, 4) is 0 Å². The van der Waals surface area contributed by atoms with E-state index in [9.17, 15) is 4.79 Å². The highest BCUT2D eigenvalue weighted by atomic mass is 32.1. The number of carbonyl (C=O) groups excluding carboxylic acids is 1. The molecule has 1 saturated heterocycles. The zero-order valence-corrected chi connectivity index (χ0v) is 18.4. The molecular formula is C21H25N5O3S. The molecular weight excluding hydrogens is 402 g/mol. The second-order valence-electron chi connectivity index (χ2n) is 7.33. The minimum absolute atomic E-state index is 0.155. The number of carbonyl (C=O) groups is 1. The van der Waals surface area contributed by atoms with Gasteiger partial charge in [0, 0.05) is 29.7 Å². The summed E-state index contributed by atoms with van der Waals surface area (Å²) in [4.78, 5) is 28.2. The molecule has 1 aliphatic rings. The highest BCUT2D eigenvalue weighted by Gasteiger charge is 2.30. The fourth-order valence-corrected chi connectivity index (χ4v) is 4.13. The first-order valence-corrected chi connectivity index (χ1v) is 10.9. The lowest BCUT2D eigenvalue weighted by Crippen LogP contribution is -2.42. The van der Waals surface area contributed by atoms with Crippen LogP contribution in [0.4, 0.5) is 10.8 Å². The van der Waals surface area contributed by atoms with Crippen LogP contribution in [0.2, 0.25) is 0 Å². The highest BCUT2D eigenvalue weighted by Crippen LogP contribution is 2.27. The summed E-state index contributed by atoms with van der Waals surface area (Å²) in [6, 6.07) is 3.92. The van der Waals surface area contributed by atoms with Gasteiger partial charge in [0.25, 0.3) is 5.91 Å². The molecule has 0 saturated carbocycles. The third kappa shape index (κ3) is 4.36. The van der Waals surface area contributed by atoms with Gasteiger partial charge in [-0.1, -0.05) is 6.92 Å². The third-order valence-corrected chi connectivity index (χ3v) is 5.74. The Morgan fingerprint density at radius 3 is 2.77 bits per heavy atom. The number of nitrogens with one attached hydrogen (secondary N) is 1. The predicted molar refractivity (Wildman–Crippen MR) is 114 cm³/mol. The number of aryl methyl sites for hydroxylation is 4. The fourth-order valence-electron chi connectivity index (χ4n) is 3.42. The Bertz CT molecular complexity index is 1060. The van der Waals surface area contributed by atoms with Gasteiger partial charge >= 0.3 is 0 Å². The van der Waals surface area contributed by atoms with Gasteiger partial charge in [0.15, 0.2) is 11.0 Å². The second kappa shape index (κ2) is 8.53. The molecule has 9 heteroatoms. The minimum Gasteiger partial charge on any atom is -0.435 e. The molecule has 0 spiro atoms. The largest absolute Gasteiger partial charge is 0.435 e. The summed E-state index contributed by atoms with van der Waals surface area (Å²) in [5, 5.41) is 6.16. The van der Waals surface area contributed by atoms with E-state index in [4.69, 9.17) is 9.15 Å². The van der Waals surface area contributed by atoms with E-state index in [0.29, 0.717) is 43.5 Å². The second-order valence-corrected chi connectivity index (χ2v) is 8.19. The summed E-state index contributed by atoms with van der Waals surface area (Å²) in [5.41, 5.74) is 4.16. The third-order valence-electron chi connectivity index (χ3n) is 4.86. The van der Waals surface area contributed by atoms with Crippen molar-refractivity contribution in [3.05, 3.63) is 51.9 Å². The van der Waals surface area contributed by atoms with Crippen molar-refractivity contribution >= 4 is 28.1 Å². The topological polar surface area (TPSA) is 93.4 Å². The number of hydrogen-bond donors (Lipinski definition) is 1. The lowest BCUT2D eigenvalue weighted by Gasteiger charge is -2.32. The Morgan fingerprint density at radius 2 is 2.07 bits per heavy atom. The molecule has 1 atom stereocenters. The van der Waals surface area contributed by atoms with Crippen LogP contribution in [0.3, 0.4) is 0 Å². The molecule has 1 unspecified atom stereocenters. The molecule has 1 N–H and O–H groups in total. The Kier molecular flexibility index (Phi) is 5.83. The van der Waals surface area contributed by atoms with Crippen molar-refractivity contribution in [2.45, 2.75) is 40.2 Å². The van der Waals surface area contributed by atoms with E-state index in [2.05, 4.69) is 20.3 Å². The van der Waals surface area contributed by atoms with Gasteiger partial charge in [-0.15, -0.1) is 11.3 Å². The number of rotatable bonds is 5. The Morgan fingerprint density at radius 1 is 1.23 bits per heavy atom. The molecule has 1 fully saturated rings. The van der Waals surface area contributed by atoms with Gasteiger partial charge in [-0.05, 0) is 32.9 Å². The molecule has 8 nitrogen and oxygen atoms in total. The van der Waals surface area contributed by atoms with Gasteiger partial charge in [0.1, 0.15) is 6.10 Å². The van der Waals surface area contributed by atoms with Crippen LogP contribution in [0.25, 0.3) is 0 Å². The summed E-state index contributed by atoms with van der Waals surface area (Å²) >= 11 is 1.56. The summed E-state index contributed by atoms with van der Waals surface area (Å²) in [7, 11) is 0. The van der Waals surface area contributed by atoms with Crippen molar-refractivity contribution in [1.29, 1.82) is 0 Å². The first-order valence-electron chi connectivity index (χ1n) is 9.98. The Hall–Kier alpha value is -2.78. The summed E-state index contributed by atoms with van der Waals surface area (Å²) in [5.74, 6) is 0.734. The molecule has 0 bridgehead atoms. The number of hydrogen-bond acceptors (Lipinski definition) is 8. The SMILES string of the molecule is CCc1nc(C)c(C(=O)N2CCOC(c3cc(Nc4nc(C)cs4)cc(C)n3)C2)o1. The van der Waals surface area contributed by atoms with Crippen molar-refractivity contribution in [2.24, 2.45) is 0 Å². The monoisotopic (exact) mass is 427 g/mol. The van der Waals surface area contributed by atoms with E-state index >= 15 is 0 Å². The van der Waals surface area contributed by atoms with E-state index in [1.165, 1.54) is 0 Å². The van der Waals surface area contributed by atoms with Gasteiger partial charge in [-0.25, -0.2) is 9.97 Å². The maximum absolute atomic E-state index is 13.0. The van der Waals surface area contributed by atoms with Crippen LogP contribution in [0.15, 0.2) is 21.9 Å². The van der Waals surface area contributed by atoms with Crippen LogP contribution < -0.4 is 5.32 Å². The normalized spacial score (nSPS) is 16.7. The number of amides is 1. The molecule has 1 amide bonds. The molecule has 0 aromatic carbocycles. The molecule has 1 aliphatic heterocycles. The van der Waals surface area contributed by atoms with Gasteiger partial charge in [0.05, 0.1) is 30.2 Å². The smallest absolute Gasteiger partial charge is 0.291 e. The van der Waals surface area contributed by atoms with E-state index < -0.39 is 0 Å². The van der Waals surface area contributed by atoms with Crippen LogP contribution in [-0.4, -0.2) is 45.5 Å². The van der Waals surface area contributed by atoms with Gasteiger partial charge in [-0.3, -0.25) is 9.78 Å². The molecule has 0 aliphatic carbocycles. The lowest BCUT2D eigenvalue weighted by atomic mass is 10.1. The summed E-state index contributed by atoms with van der Waals surface area (Å²) < 4.78 is 11.6. The zero-order chi connectivity index (χ0) is 21.3. The van der Waals surface area contributed by atoms with Crippen LogP contribution in [-0.2, 0) is 11.2 Å². The molecule has 3 aromatic rings. The average Bonchev–Trinajstić information content (AvgIpc) is 3.32. The summed E-state index contributed by atoms with van der Waals surface area (Å²) in [6.45, 7) is 9.01. The quantitative estimate of drug-likeness (QED) is 0.658. The van der Waals surface area contributed by atoms with E-state index in [0.717, 1.165) is 27.9 Å². The number of anilines is 2. The number of thiazole rings is 1. The number of oxazole rings is 1. The minimum atomic E-state index is -0.310. The number of aromatic nitrogens is 3. The highest BCUT2D eigenvalue weighted by molar-refractivity contribution is 7.13. The van der Waals surface area contributed by atoms with E-state index in [1.54, 1.807) is 23.2 Å². The number of ether oxygens (including phenoxy) is 1. The standard InChI is InChI=1S/C21H25N5O3S/c1-5-18-24-14(4)19(29-18)20(27)26-6-7-28-17(10-26)16-9-15(8-12(2)22-16)25-21-23-13(3)11-30-21/h8-9,11,17H,5-7,10H2,1-4H3,(H,22,23,25). The van der Waals surface area contributed by atoms with Gasteiger partial charge < -0.3 is 19.4 Å². The molecule has 30 heavy (non-hydrogen) atoms. The molecule has 3 aromatic heterocycles. The van der Waals surface area contributed by atoms with Gasteiger partial charge in [-0.2, -0.15) is 0 Å². The first kappa shape index (κ1) is 20.5. The van der Waals surface area contributed by atoms with E-state index in [-0.39, 0.29) is 12.0 Å². The van der Waals surface area contributed by atoms with Crippen LogP contribution in [0, 0.1) is 20.8 Å². The molecule has 4 heterocycles. The van der Waals surface area contributed by atoms with Crippen molar-refractivity contribution in [3.63, 3.8) is 0 Å². The number of nitrogens with zero attached hydrogens (tertiary/aromatic N) is 4. The number of morpholine rings is 1. The Balaban J connectivity index is 1.52. The first-order chi connectivity index (χ1) is 14.4.